The van der Waals surface area contributed by atoms with Crippen LogP contribution in [-0.4, -0.2) is 42.8 Å². The first-order valence-electron chi connectivity index (χ1n) is 10.7. The van der Waals surface area contributed by atoms with Crippen LogP contribution in [0.4, 0.5) is 21.9 Å². The third kappa shape index (κ3) is 7.18. The van der Waals surface area contributed by atoms with Gasteiger partial charge in [0.25, 0.3) is 0 Å². The summed E-state index contributed by atoms with van der Waals surface area (Å²) in [5.74, 6) is 0. The number of nitrogens with one attached hydrogen (secondary N) is 1. The Kier molecular flexibility index (Phi) is 11.9. The summed E-state index contributed by atoms with van der Waals surface area (Å²) in [6.45, 7) is 13.1. The van der Waals surface area contributed by atoms with E-state index in [9.17, 15) is 4.79 Å². The van der Waals surface area contributed by atoms with Crippen molar-refractivity contribution in [2.75, 3.05) is 36.4 Å². The summed E-state index contributed by atoms with van der Waals surface area (Å²) in [6, 6.07) is 11.1. The molecular weight excluding hydrogens is 775 g/mol. The van der Waals surface area contributed by atoms with Gasteiger partial charge in [0.2, 0.25) is 0 Å². The van der Waals surface area contributed by atoms with Crippen LogP contribution in [-0.2, 0) is 11.2 Å². The molecule has 2 aliphatic heterocycles. The number of ether oxygens (including phenoxy) is 1. The van der Waals surface area contributed by atoms with Crippen molar-refractivity contribution >= 4 is 107 Å². The van der Waals surface area contributed by atoms with E-state index in [1.54, 1.807) is 0 Å². The summed E-state index contributed by atoms with van der Waals surface area (Å²) in [7, 11) is 0. The molecule has 2 aromatic rings. The van der Waals surface area contributed by atoms with E-state index in [1.807, 2.05) is 37.4 Å². The first-order chi connectivity index (χ1) is 14.2. The van der Waals surface area contributed by atoms with Gasteiger partial charge in [-0.15, -0.1) is 71.9 Å². The third-order valence-electron chi connectivity index (χ3n) is 5.55. The number of hydrogen-bond donors (Lipinski definition) is 1. The molecule has 0 aromatic heterocycles. The molecule has 1 N–H and O–H groups in total. The average molecular weight is 809 g/mol. The monoisotopic (exact) mass is 809 g/mol. The fraction of sp³-hybridized carbons (Fsp3) is 0.458. The van der Waals surface area contributed by atoms with Gasteiger partial charge < -0.3 is 19.9 Å². The van der Waals surface area contributed by atoms with Gasteiger partial charge in [0.05, 0.1) is 11.4 Å². The molecule has 0 unspecified atom stereocenters. The molecule has 4 rings (SSSR count). The molecule has 5 nitrogen and oxygen atoms in total. The highest BCUT2D eigenvalue weighted by Gasteiger charge is 2.27. The molecule has 2 heterocycles. The lowest BCUT2D eigenvalue weighted by molar-refractivity contribution is 0.0240. The molecule has 0 spiro atoms. The van der Waals surface area contributed by atoms with Gasteiger partial charge in [-0.25, -0.2) is 4.79 Å². The summed E-state index contributed by atoms with van der Waals surface area (Å²) in [6.07, 6.45) is 0.761. The highest BCUT2D eigenvalue weighted by Crippen LogP contribution is 2.48. The van der Waals surface area contributed by atoms with Crippen molar-refractivity contribution in [1.29, 1.82) is 0 Å². The maximum absolute atomic E-state index is 12.4. The van der Waals surface area contributed by atoms with Crippen molar-refractivity contribution in [3.05, 3.63) is 41.5 Å². The van der Waals surface area contributed by atoms with Gasteiger partial charge in [0.15, 0.2) is 0 Å². The Morgan fingerprint density at radius 2 is 1.70 bits per heavy atom. The molecule has 1 fully saturated rings. The minimum Gasteiger partial charge on any atom is -0.444 e. The van der Waals surface area contributed by atoms with E-state index in [0.717, 1.165) is 19.5 Å². The number of aryl methyl sites for hydroxylation is 2. The van der Waals surface area contributed by atoms with E-state index in [2.05, 4.69) is 54.4 Å². The van der Waals surface area contributed by atoms with Crippen LogP contribution < -0.4 is 10.2 Å². The highest BCUT2D eigenvalue weighted by molar-refractivity contribution is 14.0. The second kappa shape index (κ2) is 12.7. The molecule has 2 aromatic carbocycles. The standard InChI is InChI=1S/C24H31N3O2S.3HI/c1-6-17-14-18(26-10-12-27(13-11-26)23(28)29-24(3,4)5)15-20-22(17)25-21-16(2)8-7-9-19(21)30-20;;;/h7-9,14-15,25H,6,10-13H2,1-5H3;3*1H. The Morgan fingerprint density at radius 3 is 2.30 bits per heavy atom. The lowest BCUT2D eigenvalue weighted by atomic mass is 10.1. The SMILES string of the molecule is CCc1cc(N2CCN(C(=O)OC(C)(C)C)CC2)cc2c1Nc1c(C)cccc1S2.I.I.I. The van der Waals surface area contributed by atoms with Crippen LogP contribution in [0.15, 0.2) is 40.1 Å². The Labute approximate surface area is 253 Å². The number of carbonyl (C=O) groups excluding carboxylic acids is 1. The summed E-state index contributed by atoms with van der Waals surface area (Å²) in [5.41, 5.74) is 5.85. The van der Waals surface area contributed by atoms with E-state index >= 15 is 0 Å². The first-order valence-corrected chi connectivity index (χ1v) is 11.5. The lowest BCUT2D eigenvalue weighted by Gasteiger charge is -2.37. The number of carbonyl (C=O) groups is 1. The van der Waals surface area contributed by atoms with Gasteiger partial charge in [-0.1, -0.05) is 30.8 Å². The molecular formula is C24H34I3N3O2S. The maximum atomic E-state index is 12.4. The van der Waals surface area contributed by atoms with Crippen molar-refractivity contribution in [3.63, 3.8) is 0 Å². The third-order valence-corrected chi connectivity index (χ3v) is 6.65. The number of halogens is 3. The first kappa shape index (κ1) is 30.9. The minimum atomic E-state index is -0.457. The molecule has 1 saturated heterocycles. The fourth-order valence-corrected chi connectivity index (χ4v) is 5.11. The number of amides is 1. The molecule has 0 bridgehead atoms. The number of hydrogen-bond acceptors (Lipinski definition) is 5. The lowest BCUT2D eigenvalue weighted by Crippen LogP contribution is -2.50. The van der Waals surface area contributed by atoms with Crippen molar-refractivity contribution in [2.24, 2.45) is 0 Å². The minimum absolute atomic E-state index is 0. The molecule has 184 valence electrons. The predicted octanol–water partition coefficient (Wildman–Crippen LogP) is 7.68. The molecule has 1 amide bonds. The molecule has 0 aliphatic carbocycles. The largest absolute Gasteiger partial charge is 0.444 e. The van der Waals surface area contributed by atoms with Gasteiger partial charge in [-0.2, -0.15) is 0 Å². The van der Waals surface area contributed by atoms with Crippen molar-refractivity contribution < 1.29 is 9.53 Å². The van der Waals surface area contributed by atoms with E-state index < -0.39 is 5.60 Å². The zero-order valence-corrected chi connectivity index (χ0v) is 27.6. The summed E-state index contributed by atoms with van der Waals surface area (Å²) >= 11 is 1.84. The highest BCUT2D eigenvalue weighted by atomic mass is 127. The Morgan fingerprint density at radius 1 is 1.03 bits per heavy atom. The van der Waals surface area contributed by atoms with Crippen molar-refractivity contribution in [2.45, 2.75) is 56.4 Å². The quantitative estimate of drug-likeness (QED) is 0.270. The van der Waals surface area contributed by atoms with Crippen LogP contribution in [0, 0.1) is 6.92 Å². The molecule has 2 aliphatic rings. The number of piperazine rings is 1. The number of benzene rings is 2. The number of rotatable bonds is 2. The molecule has 0 atom stereocenters. The second-order valence-corrected chi connectivity index (χ2v) is 10.0. The van der Waals surface area contributed by atoms with E-state index in [4.69, 9.17) is 4.74 Å². The Hall–Kier alpha value is -0.150. The maximum Gasteiger partial charge on any atom is 0.410 e. The summed E-state index contributed by atoms with van der Waals surface area (Å²) < 4.78 is 5.53. The van der Waals surface area contributed by atoms with Crippen LogP contribution in [0.1, 0.15) is 38.8 Å². The average Bonchev–Trinajstić information content (AvgIpc) is 2.71. The van der Waals surface area contributed by atoms with Gasteiger partial charge in [0.1, 0.15) is 5.60 Å². The van der Waals surface area contributed by atoms with Crippen LogP contribution in [0.2, 0.25) is 0 Å². The summed E-state index contributed by atoms with van der Waals surface area (Å²) in [5, 5.41) is 3.69. The molecule has 33 heavy (non-hydrogen) atoms. The summed E-state index contributed by atoms with van der Waals surface area (Å²) in [4.78, 5) is 19.1. The van der Waals surface area contributed by atoms with Crippen molar-refractivity contribution in [1.82, 2.24) is 4.90 Å². The number of anilines is 3. The molecule has 9 heteroatoms. The molecule has 0 radical (unpaired) electrons. The zero-order valence-electron chi connectivity index (χ0n) is 19.8. The topological polar surface area (TPSA) is 44.8 Å². The normalized spacial score (nSPS) is 14.5. The van der Waals surface area contributed by atoms with Crippen LogP contribution in [0.5, 0.6) is 0 Å². The van der Waals surface area contributed by atoms with E-state index in [-0.39, 0.29) is 78.0 Å². The fourth-order valence-electron chi connectivity index (χ4n) is 3.94. The number of para-hydroxylation sites is 1. The zero-order chi connectivity index (χ0) is 21.5. The van der Waals surface area contributed by atoms with E-state index in [1.165, 1.54) is 38.0 Å². The van der Waals surface area contributed by atoms with Crippen LogP contribution in [0.25, 0.3) is 0 Å². The molecule has 0 saturated carbocycles. The number of fused-ring (bicyclic) bond motifs is 2. The van der Waals surface area contributed by atoms with Gasteiger partial charge in [-0.3, -0.25) is 0 Å². The Balaban J connectivity index is 0.00000181. The smallest absolute Gasteiger partial charge is 0.410 e. The number of nitrogens with zero attached hydrogens (tertiary/aromatic N) is 2. The van der Waals surface area contributed by atoms with Crippen LogP contribution >= 0.6 is 83.7 Å². The Bertz CT molecular complexity index is 974. The van der Waals surface area contributed by atoms with Crippen molar-refractivity contribution in [3.8, 4) is 0 Å². The van der Waals surface area contributed by atoms with Gasteiger partial charge >= 0.3 is 6.09 Å². The van der Waals surface area contributed by atoms with Crippen LogP contribution in [0.3, 0.4) is 0 Å². The van der Waals surface area contributed by atoms with E-state index in [0.29, 0.717) is 13.1 Å². The van der Waals surface area contributed by atoms with Gasteiger partial charge in [-0.05, 0) is 63.4 Å². The second-order valence-electron chi connectivity index (χ2n) is 8.96. The van der Waals surface area contributed by atoms with Gasteiger partial charge in [0, 0.05) is 41.7 Å². The predicted molar refractivity (Wildman–Crippen MR) is 171 cm³/mol.